The van der Waals surface area contributed by atoms with Gasteiger partial charge in [0.25, 0.3) is 0 Å². The third kappa shape index (κ3) is 6.43. The van der Waals surface area contributed by atoms with Crippen molar-refractivity contribution in [2.45, 2.75) is 45.6 Å². The summed E-state index contributed by atoms with van der Waals surface area (Å²) in [5.41, 5.74) is 0.666. The number of piperidine rings is 2. The van der Waals surface area contributed by atoms with E-state index in [9.17, 15) is 9.18 Å². The number of nitrogens with zero attached hydrogens (tertiary/aromatic N) is 2. The van der Waals surface area contributed by atoms with E-state index in [1.54, 1.807) is 12.1 Å². The fourth-order valence-corrected chi connectivity index (χ4v) is 4.55. The van der Waals surface area contributed by atoms with Crippen molar-refractivity contribution in [2.24, 2.45) is 11.8 Å². The average Bonchev–Trinajstić information content (AvgIpc) is 2.68. The summed E-state index contributed by atoms with van der Waals surface area (Å²) < 4.78 is 14.0. The predicted molar refractivity (Wildman–Crippen MR) is 112 cm³/mol. The van der Waals surface area contributed by atoms with Gasteiger partial charge in [0.05, 0.1) is 0 Å². The largest absolute Gasteiger partial charge is 0.356 e. The number of halogens is 2. The molecular formula is C22H33ClFN3O. The van der Waals surface area contributed by atoms with Crippen LogP contribution in [0.5, 0.6) is 0 Å². The van der Waals surface area contributed by atoms with E-state index in [-0.39, 0.29) is 17.6 Å². The molecule has 1 N–H and O–H groups in total. The van der Waals surface area contributed by atoms with E-state index in [1.165, 1.54) is 32.0 Å². The first-order chi connectivity index (χ1) is 13.5. The molecule has 2 aliphatic heterocycles. The van der Waals surface area contributed by atoms with Crippen molar-refractivity contribution >= 4 is 17.5 Å². The minimum absolute atomic E-state index is 0.0846. The molecule has 0 unspecified atom stereocenters. The van der Waals surface area contributed by atoms with Gasteiger partial charge in [-0.2, -0.15) is 0 Å². The Morgan fingerprint density at radius 1 is 1.21 bits per heavy atom. The quantitative estimate of drug-likeness (QED) is 0.693. The lowest BCUT2D eigenvalue weighted by Gasteiger charge is -2.32. The molecule has 1 aromatic carbocycles. The number of hydrogen-bond acceptors (Lipinski definition) is 3. The highest BCUT2D eigenvalue weighted by Gasteiger charge is 2.25. The van der Waals surface area contributed by atoms with Gasteiger partial charge in [-0.05, 0) is 76.3 Å². The molecule has 0 radical (unpaired) electrons. The summed E-state index contributed by atoms with van der Waals surface area (Å²) in [6.45, 7) is 8.78. The van der Waals surface area contributed by atoms with Crippen LogP contribution < -0.4 is 5.32 Å². The second kappa shape index (κ2) is 10.6. The average molecular weight is 410 g/mol. The van der Waals surface area contributed by atoms with E-state index >= 15 is 0 Å². The molecule has 1 atom stereocenters. The van der Waals surface area contributed by atoms with Crippen LogP contribution in [0.15, 0.2) is 18.2 Å². The molecule has 3 rings (SSSR count). The molecule has 6 heteroatoms. The summed E-state index contributed by atoms with van der Waals surface area (Å²) in [6.07, 6.45) is 5.34. The number of rotatable bonds is 7. The fourth-order valence-electron chi connectivity index (χ4n) is 4.39. The summed E-state index contributed by atoms with van der Waals surface area (Å²) >= 11 is 5.82. The Balaban J connectivity index is 1.32. The number of hydrogen-bond donors (Lipinski definition) is 1. The summed E-state index contributed by atoms with van der Waals surface area (Å²) in [4.78, 5) is 17.2. The molecule has 2 saturated heterocycles. The minimum atomic E-state index is -0.254. The molecule has 4 nitrogen and oxygen atoms in total. The van der Waals surface area contributed by atoms with Gasteiger partial charge in [-0.1, -0.05) is 24.6 Å². The highest BCUT2D eigenvalue weighted by molar-refractivity contribution is 6.30. The van der Waals surface area contributed by atoms with Crippen LogP contribution >= 0.6 is 11.6 Å². The monoisotopic (exact) mass is 409 g/mol. The third-order valence-electron chi connectivity index (χ3n) is 6.06. The number of likely N-dealkylation sites (tertiary alicyclic amines) is 2. The number of benzene rings is 1. The molecule has 0 aliphatic carbocycles. The van der Waals surface area contributed by atoms with E-state index in [4.69, 9.17) is 11.6 Å². The number of carbonyl (C=O) groups is 1. The Morgan fingerprint density at radius 2 is 2.00 bits per heavy atom. The highest BCUT2D eigenvalue weighted by atomic mass is 35.5. The van der Waals surface area contributed by atoms with Crippen LogP contribution in [-0.4, -0.2) is 55.0 Å². The second-order valence-corrected chi connectivity index (χ2v) is 8.92. The lowest BCUT2D eigenvalue weighted by molar-refractivity contribution is -0.126. The van der Waals surface area contributed by atoms with Gasteiger partial charge in [0, 0.05) is 36.1 Å². The molecule has 1 aromatic rings. The Labute approximate surface area is 173 Å². The van der Waals surface area contributed by atoms with E-state index in [2.05, 4.69) is 22.0 Å². The van der Waals surface area contributed by atoms with Crippen molar-refractivity contribution in [3.63, 3.8) is 0 Å². The van der Waals surface area contributed by atoms with Crippen molar-refractivity contribution in [1.82, 2.24) is 15.1 Å². The van der Waals surface area contributed by atoms with Crippen molar-refractivity contribution < 1.29 is 9.18 Å². The maximum absolute atomic E-state index is 14.0. The van der Waals surface area contributed by atoms with E-state index in [1.807, 2.05) is 0 Å². The molecule has 2 heterocycles. The fraction of sp³-hybridized carbons (Fsp3) is 0.682. The van der Waals surface area contributed by atoms with Gasteiger partial charge < -0.3 is 10.2 Å². The van der Waals surface area contributed by atoms with Gasteiger partial charge in [-0.25, -0.2) is 4.39 Å². The Morgan fingerprint density at radius 3 is 2.71 bits per heavy atom. The van der Waals surface area contributed by atoms with Crippen LogP contribution in [-0.2, 0) is 11.3 Å². The number of nitrogens with one attached hydrogen (secondary N) is 1. The molecular weight excluding hydrogens is 377 g/mol. The topological polar surface area (TPSA) is 35.6 Å². The molecule has 28 heavy (non-hydrogen) atoms. The zero-order valence-electron chi connectivity index (χ0n) is 16.9. The Hall–Kier alpha value is -1.17. The smallest absolute Gasteiger partial charge is 0.223 e. The zero-order valence-corrected chi connectivity index (χ0v) is 17.7. The van der Waals surface area contributed by atoms with Gasteiger partial charge in [0.15, 0.2) is 0 Å². The van der Waals surface area contributed by atoms with Gasteiger partial charge >= 0.3 is 0 Å². The molecule has 0 spiro atoms. The lowest BCUT2D eigenvalue weighted by Crippen LogP contribution is -2.41. The molecule has 2 aliphatic rings. The molecule has 0 bridgehead atoms. The SMILES string of the molecule is C[C@@H]1CCCN(CCCNC(=O)C2CCN(Cc3ccc(Cl)cc3F)CC2)C1. The third-order valence-corrected chi connectivity index (χ3v) is 6.29. The van der Waals surface area contributed by atoms with Gasteiger partial charge in [0.1, 0.15) is 5.82 Å². The molecule has 1 amide bonds. The minimum Gasteiger partial charge on any atom is -0.356 e. The lowest BCUT2D eigenvalue weighted by atomic mass is 9.95. The predicted octanol–water partition coefficient (Wildman–Crippen LogP) is 3.93. The Bertz CT molecular complexity index is 649. The van der Waals surface area contributed by atoms with E-state index in [0.717, 1.165) is 51.4 Å². The van der Waals surface area contributed by atoms with Gasteiger partial charge in [-0.3, -0.25) is 9.69 Å². The number of carbonyl (C=O) groups excluding carboxylic acids is 1. The summed E-state index contributed by atoms with van der Waals surface area (Å²) in [5.74, 6) is 0.816. The van der Waals surface area contributed by atoms with Gasteiger partial charge in [-0.15, -0.1) is 0 Å². The van der Waals surface area contributed by atoms with Crippen molar-refractivity contribution in [2.75, 3.05) is 39.3 Å². The van der Waals surface area contributed by atoms with Crippen LogP contribution in [0.4, 0.5) is 4.39 Å². The highest BCUT2D eigenvalue weighted by Crippen LogP contribution is 2.22. The van der Waals surface area contributed by atoms with Crippen LogP contribution in [0.2, 0.25) is 5.02 Å². The summed E-state index contributed by atoms with van der Waals surface area (Å²) in [5, 5.41) is 3.55. The Kier molecular flexibility index (Phi) is 8.12. The van der Waals surface area contributed by atoms with Crippen LogP contribution in [0.3, 0.4) is 0 Å². The normalized spacial score (nSPS) is 22.3. The van der Waals surface area contributed by atoms with Gasteiger partial charge in [0.2, 0.25) is 5.91 Å². The van der Waals surface area contributed by atoms with Crippen LogP contribution in [0.1, 0.15) is 44.6 Å². The van der Waals surface area contributed by atoms with Crippen LogP contribution in [0.25, 0.3) is 0 Å². The summed E-state index contributed by atoms with van der Waals surface area (Å²) in [6, 6.07) is 4.84. The zero-order chi connectivity index (χ0) is 19.9. The first-order valence-corrected chi connectivity index (χ1v) is 11.1. The standard InChI is InChI=1S/C22H33ClFN3O/c1-17-4-2-10-26(15-17)11-3-9-25-22(28)18-7-12-27(13-8-18)16-19-5-6-20(23)14-21(19)24/h5-6,14,17-18H,2-4,7-13,15-16H2,1H3,(H,25,28)/t17-/m1/s1. The van der Waals surface area contributed by atoms with Crippen molar-refractivity contribution in [3.8, 4) is 0 Å². The summed E-state index contributed by atoms with van der Waals surface area (Å²) in [7, 11) is 0. The first kappa shape index (κ1) is 21.5. The van der Waals surface area contributed by atoms with Crippen LogP contribution in [0, 0.1) is 17.7 Å². The second-order valence-electron chi connectivity index (χ2n) is 8.48. The maximum Gasteiger partial charge on any atom is 0.223 e. The number of amides is 1. The van der Waals surface area contributed by atoms with Crippen molar-refractivity contribution in [3.05, 3.63) is 34.6 Å². The molecule has 0 saturated carbocycles. The van der Waals surface area contributed by atoms with E-state index in [0.29, 0.717) is 17.1 Å². The van der Waals surface area contributed by atoms with E-state index < -0.39 is 0 Å². The maximum atomic E-state index is 14.0. The molecule has 156 valence electrons. The molecule has 2 fully saturated rings. The molecule has 0 aromatic heterocycles. The van der Waals surface area contributed by atoms with Crippen molar-refractivity contribution in [1.29, 1.82) is 0 Å². The first-order valence-electron chi connectivity index (χ1n) is 10.7.